The van der Waals surface area contributed by atoms with E-state index in [4.69, 9.17) is 29.7 Å². The lowest BCUT2D eigenvalue weighted by Gasteiger charge is -2.19. The Bertz CT molecular complexity index is 118. The molecule has 0 atom stereocenters. The summed E-state index contributed by atoms with van der Waals surface area (Å²) in [6, 6.07) is 0. The highest BCUT2D eigenvalue weighted by molar-refractivity contribution is 4.34. The lowest BCUT2D eigenvalue weighted by atomic mass is 10.7. The van der Waals surface area contributed by atoms with Crippen molar-refractivity contribution in [1.29, 1.82) is 0 Å². The summed E-state index contributed by atoms with van der Waals surface area (Å²) in [4.78, 5) is 9.96. The fraction of sp³-hybridized carbons (Fsp3) is 1.00. The molecule has 3 N–H and O–H groups in total. The Morgan fingerprint density at radius 3 is 1.73 bits per heavy atom. The molecule has 0 amide bonds. The van der Waals surface area contributed by atoms with E-state index < -0.39 is 0 Å². The molecule has 0 aromatic heterocycles. The van der Waals surface area contributed by atoms with Gasteiger partial charge in [-0.1, -0.05) is 5.23 Å². The van der Waals surface area contributed by atoms with Crippen LogP contribution < -0.4 is 0 Å². The number of aliphatic hydroxyl groups is 3. The maximum absolute atomic E-state index is 8.53. The zero-order chi connectivity index (χ0) is 11.4. The second kappa shape index (κ2) is 11.8. The normalized spacial score (nSPS) is 11.2. The van der Waals surface area contributed by atoms with E-state index in [2.05, 4.69) is 0 Å². The fourth-order valence-corrected chi connectivity index (χ4v) is 0.757. The molecule has 0 bridgehead atoms. The van der Waals surface area contributed by atoms with Crippen LogP contribution in [0.15, 0.2) is 0 Å². The molecule has 0 aliphatic heterocycles. The van der Waals surface area contributed by atoms with Crippen LogP contribution in [0.4, 0.5) is 0 Å². The Hall–Kier alpha value is -0.280. The summed E-state index contributed by atoms with van der Waals surface area (Å²) in [6.45, 7) is 0.893. The lowest BCUT2D eigenvalue weighted by molar-refractivity contribution is -0.373. The van der Waals surface area contributed by atoms with E-state index in [1.165, 1.54) is 0 Å². The number of ether oxygens (including phenoxy) is 1. The van der Waals surface area contributed by atoms with Gasteiger partial charge in [-0.05, 0) is 0 Å². The standard InChI is InChI=1S/C8H19NO6/c10-2-6-13-5-1-9(14-7-3-11)15-8-4-12/h10-12H,1-8H2. The van der Waals surface area contributed by atoms with Crippen LogP contribution in [-0.4, -0.2) is 73.3 Å². The minimum Gasteiger partial charge on any atom is -0.394 e. The number of hydrogen-bond acceptors (Lipinski definition) is 7. The number of nitrogens with zero attached hydrogens (tertiary/aromatic N) is 1. The quantitative estimate of drug-likeness (QED) is 0.281. The van der Waals surface area contributed by atoms with E-state index in [9.17, 15) is 0 Å². The van der Waals surface area contributed by atoms with E-state index in [0.717, 1.165) is 5.23 Å². The number of hydrogen-bond donors (Lipinski definition) is 3. The third-order valence-corrected chi connectivity index (χ3v) is 1.31. The van der Waals surface area contributed by atoms with Gasteiger partial charge in [0.1, 0.15) is 0 Å². The molecule has 0 saturated heterocycles. The smallest absolute Gasteiger partial charge is 0.0942 e. The number of aliphatic hydroxyl groups excluding tert-OH is 3. The Balaban J connectivity index is 3.49. The monoisotopic (exact) mass is 225 g/mol. The summed E-state index contributed by atoms with van der Waals surface area (Å²) in [5, 5.41) is 26.6. The van der Waals surface area contributed by atoms with Gasteiger partial charge < -0.3 is 20.1 Å². The first-order valence-electron chi connectivity index (χ1n) is 4.78. The van der Waals surface area contributed by atoms with Gasteiger partial charge in [0.15, 0.2) is 0 Å². The molecule has 7 heteroatoms. The van der Waals surface area contributed by atoms with Crippen LogP contribution in [0.3, 0.4) is 0 Å². The van der Waals surface area contributed by atoms with E-state index in [1.54, 1.807) is 0 Å². The van der Waals surface area contributed by atoms with Crippen molar-refractivity contribution in [3.05, 3.63) is 0 Å². The third kappa shape index (κ3) is 10.0. The largest absolute Gasteiger partial charge is 0.394 e. The van der Waals surface area contributed by atoms with Gasteiger partial charge in [0.05, 0.1) is 52.8 Å². The fourth-order valence-electron chi connectivity index (χ4n) is 0.757. The van der Waals surface area contributed by atoms with E-state index in [-0.39, 0.29) is 39.6 Å². The Labute approximate surface area is 88.7 Å². The molecule has 0 aliphatic carbocycles. The lowest BCUT2D eigenvalue weighted by Crippen LogP contribution is -2.30. The molecule has 0 spiro atoms. The predicted octanol–water partition coefficient (Wildman–Crippen LogP) is -1.85. The number of rotatable bonds is 11. The predicted molar refractivity (Wildman–Crippen MR) is 50.7 cm³/mol. The van der Waals surface area contributed by atoms with E-state index >= 15 is 0 Å². The maximum atomic E-state index is 8.53. The topological polar surface area (TPSA) is 91.6 Å². The van der Waals surface area contributed by atoms with Crippen molar-refractivity contribution in [2.45, 2.75) is 0 Å². The molecule has 0 heterocycles. The summed E-state index contributed by atoms with van der Waals surface area (Å²) < 4.78 is 5.00. The number of hydroxylamine groups is 2. The van der Waals surface area contributed by atoms with E-state index in [1.807, 2.05) is 0 Å². The van der Waals surface area contributed by atoms with Crippen molar-refractivity contribution in [3.63, 3.8) is 0 Å². The maximum Gasteiger partial charge on any atom is 0.0942 e. The first-order valence-corrected chi connectivity index (χ1v) is 4.78. The van der Waals surface area contributed by atoms with Crippen LogP contribution in [-0.2, 0) is 14.4 Å². The highest BCUT2D eigenvalue weighted by Gasteiger charge is 2.05. The minimum absolute atomic E-state index is 0.0327. The zero-order valence-electron chi connectivity index (χ0n) is 8.67. The second-order valence-electron chi connectivity index (χ2n) is 2.51. The minimum atomic E-state index is -0.115. The van der Waals surface area contributed by atoms with Gasteiger partial charge in [-0.25, -0.2) is 0 Å². The third-order valence-electron chi connectivity index (χ3n) is 1.31. The first-order chi connectivity index (χ1) is 7.35. The first kappa shape index (κ1) is 14.7. The molecule has 7 nitrogen and oxygen atoms in total. The van der Waals surface area contributed by atoms with Crippen molar-refractivity contribution in [3.8, 4) is 0 Å². The Morgan fingerprint density at radius 2 is 1.27 bits per heavy atom. The van der Waals surface area contributed by atoms with Crippen molar-refractivity contribution in [2.24, 2.45) is 0 Å². The SMILES string of the molecule is OCCOCCN(OCCO)OCCO. The highest BCUT2D eigenvalue weighted by atomic mass is 16.9. The van der Waals surface area contributed by atoms with Gasteiger partial charge in [0.2, 0.25) is 0 Å². The molecule has 0 rings (SSSR count). The zero-order valence-corrected chi connectivity index (χ0v) is 8.67. The summed E-state index contributed by atoms with van der Waals surface area (Å²) in [5.74, 6) is 0. The van der Waals surface area contributed by atoms with Gasteiger partial charge >= 0.3 is 0 Å². The van der Waals surface area contributed by atoms with Gasteiger partial charge in [-0.3, -0.25) is 9.68 Å². The molecule has 0 fully saturated rings. The van der Waals surface area contributed by atoms with Crippen LogP contribution in [0.2, 0.25) is 0 Å². The highest BCUT2D eigenvalue weighted by Crippen LogP contribution is 1.92. The molecule has 0 radical (unpaired) electrons. The van der Waals surface area contributed by atoms with E-state index in [0.29, 0.717) is 13.2 Å². The van der Waals surface area contributed by atoms with Gasteiger partial charge in [0, 0.05) is 0 Å². The summed E-state index contributed by atoms with van der Waals surface area (Å²) in [5.41, 5.74) is 0. The average molecular weight is 225 g/mol. The van der Waals surface area contributed by atoms with Crippen molar-refractivity contribution in [2.75, 3.05) is 52.8 Å². The van der Waals surface area contributed by atoms with Crippen LogP contribution in [0.25, 0.3) is 0 Å². The molecule has 0 aromatic rings. The van der Waals surface area contributed by atoms with Crippen LogP contribution in [0.5, 0.6) is 0 Å². The molecule has 92 valence electrons. The van der Waals surface area contributed by atoms with Crippen molar-refractivity contribution >= 4 is 0 Å². The summed E-state index contributed by atoms with van der Waals surface area (Å²) in [7, 11) is 0. The second-order valence-corrected chi connectivity index (χ2v) is 2.51. The Kier molecular flexibility index (Phi) is 11.6. The molecule has 15 heavy (non-hydrogen) atoms. The summed E-state index contributed by atoms with van der Waals surface area (Å²) in [6.07, 6.45) is 0. The molecule has 0 saturated carbocycles. The van der Waals surface area contributed by atoms with Crippen LogP contribution in [0, 0.1) is 0 Å². The molecular weight excluding hydrogens is 206 g/mol. The van der Waals surface area contributed by atoms with Crippen LogP contribution in [0.1, 0.15) is 0 Å². The average Bonchev–Trinajstić information content (AvgIpc) is 2.27. The summed E-state index contributed by atoms with van der Waals surface area (Å²) >= 11 is 0. The molecule has 0 unspecified atom stereocenters. The van der Waals surface area contributed by atoms with Gasteiger partial charge in [-0.2, -0.15) is 0 Å². The van der Waals surface area contributed by atoms with Crippen molar-refractivity contribution in [1.82, 2.24) is 5.23 Å². The van der Waals surface area contributed by atoms with Gasteiger partial charge in [0.25, 0.3) is 0 Å². The van der Waals surface area contributed by atoms with Gasteiger partial charge in [-0.15, -0.1) is 0 Å². The molecule has 0 aromatic carbocycles. The van der Waals surface area contributed by atoms with Crippen LogP contribution >= 0.6 is 0 Å². The van der Waals surface area contributed by atoms with Crippen molar-refractivity contribution < 1.29 is 29.7 Å². The Morgan fingerprint density at radius 1 is 0.733 bits per heavy atom. The molecular formula is C8H19NO6. The molecule has 0 aliphatic rings.